The molecule has 0 unspecified atom stereocenters. The largest absolute Gasteiger partial charge is 0.283 e. The summed E-state index contributed by atoms with van der Waals surface area (Å²) in [6, 6.07) is 27.9. The maximum atomic E-state index is 13.4. The molecule has 5 rings (SSSR count). The van der Waals surface area contributed by atoms with E-state index in [1.54, 1.807) is 11.0 Å². The van der Waals surface area contributed by atoms with Crippen LogP contribution in [0.25, 0.3) is 23.0 Å². The monoisotopic (exact) mass is 476 g/mol. The van der Waals surface area contributed by atoms with Gasteiger partial charge in [-0.25, -0.2) is 9.67 Å². The second kappa shape index (κ2) is 9.99. The normalized spacial score (nSPS) is 15.8. The summed E-state index contributed by atoms with van der Waals surface area (Å²) in [6.07, 6.45) is 5.59. The fourth-order valence-corrected chi connectivity index (χ4v) is 4.78. The van der Waals surface area contributed by atoms with Crippen molar-refractivity contribution in [1.82, 2.24) is 14.7 Å². The number of aromatic nitrogens is 2. The van der Waals surface area contributed by atoms with Gasteiger partial charge in [-0.2, -0.15) is 5.10 Å². The Balaban J connectivity index is 1.57. The van der Waals surface area contributed by atoms with Gasteiger partial charge < -0.3 is 0 Å². The molecular formula is C29H24N4OS. The van der Waals surface area contributed by atoms with E-state index in [4.69, 9.17) is 10.1 Å². The molecule has 0 N–H and O–H groups in total. The number of aryl methyl sites for hydroxylation is 1. The Morgan fingerprint density at radius 2 is 1.66 bits per heavy atom. The highest BCUT2D eigenvalue weighted by Gasteiger charge is 2.33. The lowest BCUT2D eigenvalue weighted by atomic mass is 10.1. The van der Waals surface area contributed by atoms with Gasteiger partial charge in [0.1, 0.15) is 0 Å². The van der Waals surface area contributed by atoms with Gasteiger partial charge in [0.25, 0.3) is 5.91 Å². The molecule has 0 atom stereocenters. The maximum Gasteiger partial charge on any atom is 0.267 e. The number of carbonyl (C=O) groups excluding carboxylic acids is 1. The average molecular weight is 477 g/mol. The minimum atomic E-state index is -0.0905. The molecule has 3 aromatic carbocycles. The fourth-order valence-electron chi connectivity index (χ4n) is 3.78. The predicted molar refractivity (Wildman–Crippen MR) is 145 cm³/mol. The van der Waals surface area contributed by atoms with Crippen molar-refractivity contribution >= 4 is 34.6 Å². The van der Waals surface area contributed by atoms with Gasteiger partial charge in [-0.05, 0) is 49.0 Å². The highest BCUT2D eigenvalue weighted by atomic mass is 32.2. The molecule has 35 heavy (non-hydrogen) atoms. The SMILES string of the molecule is C=CCN1C(=O)C(=Cc2cn(-c3ccccc3)nc2-c2ccccc2)SC1=Nc1ccc(C)cc1. The van der Waals surface area contributed by atoms with Crippen LogP contribution in [0.4, 0.5) is 5.69 Å². The van der Waals surface area contributed by atoms with Crippen molar-refractivity contribution in [3.8, 4) is 16.9 Å². The summed E-state index contributed by atoms with van der Waals surface area (Å²) in [5, 5.41) is 5.50. The first kappa shape index (κ1) is 22.6. The van der Waals surface area contributed by atoms with E-state index in [1.165, 1.54) is 11.8 Å². The first-order valence-corrected chi connectivity index (χ1v) is 12.1. The number of hydrogen-bond donors (Lipinski definition) is 0. The van der Waals surface area contributed by atoms with Gasteiger partial charge >= 0.3 is 0 Å². The van der Waals surface area contributed by atoms with Crippen LogP contribution in [0.3, 0.4) is 0 Å². The molecule has 172 valence electrons. The fraction of sp³-hybridized carbons (Fsp3) is 0.0690. The van der Waals surface area contributed by atoms with Crippen LogP contribution in [-0.2, 0) is 4.79 Å². The maximum absolute atomic E-state index is 13.4. The van der Waals surface area contributed by atoms with Gasteiger partial charge in [0.05, 0.1) is 22.0 Å². The molecule has 1 fully saturated rings. The summed E-state index contributed by atoms with van der Waals surface area (Å²) < 4.78 is 1.85. The highest BCUT2D eigenvalue weighted by molar-refractivity contribution is 8.18. The van der Waals surface area contributed by atoms with Crippen molar-refractivity contribution in [3.63, 3.8) is 0 Å². The smallest absolute Gasteiger partial charge is 0.267 e. The number of amides is 1. The van der Waals surface area contributed by atoms with Crippen molar-refractivity contribution in [2.45, 2.75) is 6.92 Å². The predicted octanol–water partition coefficient (Wildman–Crippen LogP) is 6.64. The lowest BCUT2D eigenvalue weighted by Crippen LogP contribution is -2.29. The molecule has 1 aliphatic heterocycles. The molecule has 1 saturated heterocycles. The number of hydrogen-bond acceptors (Lipinski definition) is 4. The molecule has 6 heteroatoms. The van der Waals surface area contributed by atoms with Crippen LogP contribution in [0.15, 0.2) is 114 Å². The number of nitrogens with zero attached hydrogens (tertiary/aromatic N) is 4. The third kappa shape index (κ3) is 4.88. The van der Waals surface area contributed by atoms with Crippen LogP contribution in [0.1, 0.15) is 11.1 Å². The summed E-state index contributed by atoms with van der Waals surface area (Å²) in [4.78, 5) is 20.4. The minimum absolute atomic E-state index is 0.0905. The zero-order valence-electron chi connectivity index (χ0n) is 19.3. The summed E-state index contributed by atoms with van der Waals surface area (Å²) in [7, 11) is 0. The molecule has 0 radical (unpaired) electrons. The molecule has 0 bridgehead atoms. The molecule has 5 nitrogen and oxygen atoms in total. The Hall–Kier alpha value is -4.16. The Bertz CT molecular complexity index is 1420. The van der Waals surface area contributed by atoms with Crippen LogP contribution >= 0.6 is 11.8 Å². The van der Waals surface area contributed by atoms with Gasteiger partial charge in [-0.15, -0.1) is 6.58 Å². The topological polar surface area (TPSA) is 50.5 Å². The number of carbonyl (C=O) groups is 1. The van der Waals surface area contributed by atoms with Crippen molar-refractivity contribution < 1.29 is 4.79 Å². The number of thioether (sulfide) groups is 1. The summed E-state index contributed by atoms with van der Waals surface area (Å²) in [5.74, 6) is -0.0905. The Kier molecular flexibility index (Phi) is 6.46. The first-order chi connectivity index (χ1) is 17.1. The Morgan fingerprint density at radius 3 is 2.34 bits per heavy atom. The average Bonchev–Trinajstić information content (AvgIpc) is 3.44. The second-order valence-electron chi connectivity index (χ2n) is 8.12. The van der Waals surface area contributed by atoms with Crippen LogP contribution in [0.5, 0.6) is 0 Å². The van der Waals surface area contributed by atoms with Gasteiger partial charge in [0, 0.05) is 23.9 Å². The minimum Gasteiger partial charge on any atom is -0.283 e. The molecule has 1 amide bonds. The van der Waals surface area contributed by atoms with Crippen molar-refractivity contribution in [2.24, 2.45) is 4.99 Å². The van der Waals surface area contributed by atoms with E-state index in [0.29, 0.717) is 16.6 Å². The van der Waals surface area contributed by atoms with Crippen LogP contribution in [-0.4, -0.2) is 32.3 Å². The third-order valence-corrected chi connectivity index (χ3v) is 6.56. The van der Waals surface area contributed by atoms with E-state index in [1.807, 2.05) is 109 Å². The molecule has 0 saturated carbocycles. The van der Waals surface area contributed by atoms with Crippen molar-refractivity contribution in [3.05, 3.63) is 120 Å². The quantitative estimate of drug-likeness (QED) is 0.232. The van der Waals surface area contributed by atoms with Crippen molar-refractivity contribution in [1.29, 1.82) is 0 Å². The number of amidine groups is 1. The molecule has 1 aliphatic rings. The van der Waals surface area contributed by atoms with E-state index >= 15 is 0 Å². The first-order valence-electron chi connectivity index (χ1n) is 11.3. The summed E-state index contributed by atoms with van der Waals surface area (Å²) in [5.41, 5.74) is 5.59. The molecule has 0 spiro atoms. The zero-order valence-corrected chi connectivity index (χ0v) is 20.2. The van der Waals surface area contributed by atoms with E-state index in [2.05, 4.69) is 6.58 Å². The highest BCUT2D eigenvalue weighted by Crippen LogP contribution is 2.36. The van der Waals surface area contributed by atoms with E-state index in [0.717, 1.165) is 33.8 Å². The van der Waals surface area contributed by atoms with Crippen LogP contribution in [0, 0.1) is 6.92 Å². The lowest BCUT2D eigenvalue weighted by Gasteiger charge is -2.12. The Labute approximate surface area is 209 Å². The number of rotatable bonds is 6. The van der Waals surface area contributed by atoms with Gasteiger partial charge in [-0.1, -0.05) is 72.3 Å². The number of para-hydroxylation sites is 1. The molecular weight excluding hydrogens is 452 g/mol. The van der Waals surface area contributed by atoms with E-state index < -0.39 is 0 Å². The zero-order chi connectivity index (χ0) is 24.2. The van der Waals surface area contributed by atoms with E-state index in [9.17, 15) is 4.79 Å². The Morgan fingerprint density at radius 1 is 0.971 bits per heavy atom. The lowest BCUT2D eigenvalue weighted by molar-refractivity contribution is -0.121. The number of aliphatic imine (C=N–C) groups is 1. The summed E-state index contributed by atoms with van der Waals surface area (Å²) >= 11 is 1.37. The van der Waals surface area contributed by atoms with E-state index in [-0.39, 0.29) is 5.91 Å². The van der Waals surface area contributed by atoms with Crippen LogP contribution < -0.4 is 0 Å². The molecule has 2 heterocycles. The van der Waals surface area contributed by atoms with Gasteiger partial charge in [0.2, 0.25) is 0 Å². The third-order valence-electron chi connectivity index (χ3n) is 5.56. The van der Waals surface area contributed by atoms with Gasteiger partial charge in [0.15, 0.2) is 5.17 Å². The molecule has 0 aliphatic carbocycles. The summed E-state index contributed by atoms with van der Waals surface area (Å²) in [6.45, 7) is 6.25. The molecule has 1 aromatic heterocycles. The second-order valence-corrected chi connectivity index (χ2v) is 9.13. The van der Waals surface area contributed by atoms with Crippen LogP contribution in [0.2, 0.25) is 0 Å². The number of benzene rings is 3. The molecule has 4 aromatic rings. The standard InChI is InChI=1S/C29H24N4OS/c1-3-18-32-28(34)26(35-29(32)30-24-16-14-21(2)15-17-24)19-23-20-33(25-12-8-5-9-13-25)31-27(23)22-10-6-4-7-11-22/h3-17,19-20H,1,18H2,2H3. The van der Waals surface area contributed by atoms with Gasteiger partial charge in [-0.3, -0.25) is 9.69 Å². The van der Waals surface area contributed by atoms with Crippen molar-refractivity contribution in [2.75, 3.05) is 6.54 Å².